The summed E-state index contributed by atoms with van der Waals surface area (Å²) in [6.45, 7) is 2.56. The van der Waals surface area contributed by atoms with E-state index in [1.165, 1.54) is 0 Å². The monoisotopic (exact) mass is 274 g/mol. The van der Waals surface area contributed by atoms with Gasteiger partial charge in [0.1, 0.15) is 0 Å². The molecule has 0 spiro atoms. The van der Waals surface area contributed by atoms with Gasteiger partial charge in [-0.05, 0) is 43.9 Å². The molecule has 0 saturated heterocycles. The van der Waals surface area contributed by atoms with E-state index in [2.05, 4.69) is 6.07 Å². The van der Waals surface area contributed by atoms with Crippen LogP contribution in [0.5, 0.6) is 11.5 Å². The zero-order valence-electron chi connectivity index (χ0n) is 12.2. The highest BCUT2D eigenvalue weighted by atomic mass is 16.5. The minimum atomic E-state index is 0.0664. The van der Waals surface area contributed by atoms with Crippen molar-refractivity contribution >= 4 is 0 Å². The van der Waals surface area contributed by atoms with E-state index in [-0.39, 0.29) is 11.5 Å². The second-order valence-corrected chi connectivity index (χ2v) is 5.79. The number of nitrogens with two attached hydrogens (primary N) is 1. The molecule has 1 aromatic rings. The Bertz CT molecular complexity index is 502. The van der Waals surface area contributed by atoms with Gasteiger partial charge >= 0.3 is 0 Å². The van der Waals surface area contributed by atoms with Gasteiger partial charge in [0.05, 0.1) is 19.8 Å². The molecule has 0 bridgehead atoms. The summed E-state index contributed by atoms with van der Waals surface area (Å²) >= 11 is 0. The van der Waals surface area contributed by atoms with Crippen LogP contribution in [0.1, 0.15) is 31.7 Å². The topological polar surface area (TPSA) is 68.3 Å². The Morgan fingerprint density at radius 1 is 1.40 bits per heavy atom. The molecule has 1 atom stereocenters. The van der Waals surface area contributed by atoms with E-state index in [1.807, 2.05) is 25.1 Å². The molecule has 0 heterocycles. The summed E-state index contributed by atoms with van der Waals surface area (Å²) in [5.41, 5.74) is 7.04. The van der Waals surface area contributed by atoms with Crippen LogP contribution < -0.4 is 15.2 Å². The van der Waals surface area contributed by atoms with Crippen molar-refractivity contribution in [2.24, 2.45) is 11.1 Å². The third-order valence-electron chi connectivity index (χ3n) is 3.73. The van der Waals surface area contributed by atoms with Crippen molar-refractivity contribution in [3.63, 3.8) is 0 Å². The fourth-order valence-corrected chi connectivity index (χ4v) is 2.28. The highest BCUT2D eigenvalue weighted by Crippen LogP contribution is 2.49. The molecule has 0 aromatic heterocycles. The molecule has 1 unspecified atom stereocenters. The Morgan fingerprint density at radius 3 is 2.70 bits per heavy atom. The Hall–Kier alpha value is -1.73. The lowest BCUT2D eigenvalue weighted by atomic mass is 10.1. The molecule has 20 heavy (non-hydrogen) atoms. The Morgan fingerprint density at radius 2 is 2.15 bits per heavy atom. The fourth-order valence-electron chi connectivity index (χ4n) is 2.28. The molecular weight excluding hydrogens is 252 g/mol. The van der Waals surface area contributed by atoms with Crippen molar-refractivity contribution in [2.75, 3.05) is 13.7 Å². The first-order chi connectivity index (χ1) is 9.58. The quantitative estimate of drug-likeness (QED) is 0.830. The minimum absolute atomic E-state index is 0.0664. The number of nitrogens with zero attached hydrogens (tertiary/aromatic N) is 1. The SMILES string of the molecule is COc1ccc(CC(C)N)cc1OCC1(CC#N)CC1. The van der Waals surface area contributed by atoms with E-state index >= 15 is 0 Å². The van der Waals surface area contributed by atoms with Gasteiger partial charge < -0.3 is 15.2 Å². The van der Waals surface area contributed by atoms with Crippen molar-refractivity contribution in [1.82, 2.24) is 0 Å². The lowest BCUT2D eigenvalue weighted by Gasteiger charge is -2.16. The molecule has 2 N–H and O–H groups in total. The van der Waals surface area contributed by atoms with Gasteiger partial charge in [0.25, 0.3) is 0 Å². The van der Waals surface area contributed by atoms with Gasteiger partial charge in [-0.3, -0.25) is 0 Å². The Balaban J connectivity index is 2.06. The van der Waals surface area contributed by atoms with Crippen LogP contribution in [-0.4, -0.2) is 19.8 Å². The number of ether oxygens (including phenoxy) is 2. The van der Waals surface area contributed by atoms with Gasteiger partial charge in [0, 0.05) is 17.9 Å². The van der Waals surface area contributed by atoms with E-state index in [4.69, 9.17) is 20.5 Å². The number of rotatable bonds is 7. The number of hydrogen-bond acceptors (Lipinski definition) is 4. The van der Waals surface area contributed by atoms with Crippen LogP contribution in [0.15, 0.2) is 18.2 Å². The minimum Gasteiger partial charge on any atom is -0.493 e. The lowest BCUT2D eigenvalue weighted by Crippen LogP contribution is -2.18. The van der Waals surface area contributed by atoms with Gasteiger partial charge in [0.15, 0.2) is 11.5 Å². The fraction of sp³-hybridized carbons (Fsp3) is 0.562. The van der Waals surface area contributed by atoms with Crippen molar-refractivity contribution in [1.29, 1.82) is 5.26 Å². The standard InChI is InChI=1S/C16H22N2O2/c1-12(18)9-13-3-4-14(19-2)15(10-13)20-11-16(5-6-16)7-8-17/h3-4,10,12H,5-7,9,11,18H2,1-2H3. The van der Waals surface area contributed by atoms with Gasteiger partial charge in [-0.15, -0.1) is 0 Å². The summed E-state index contributed by atoms with van der Waals surface area (Å²) in [5, 5.41) is 8.84. The van der Waals surface area contributed by atoms with E-state index in [0.29, 0.717) is 13.0 Å². The molecule has 1 aromatic carbocycles. The normalized spacial score (nSPS) is 17.1. The van der Waals surface area contributed by atoms with Crippen LogP contribution in [0.4, 0.5) is 0 Å². The first-order valence-corrected chi connectivity index (χ1v) is 7.01. The van der Waals surface area contributed by atoms with E-state index in [1.54, 1.807) is 7.11 Å². The molecule has 0 amide bonds. The summed E-state index contributed by atoms with van der Waals surface area (Å²) in [6.07, 6.45) is 3.52. The van der Waals surface area contributed by atoms with E-state index in [9.17, 15) is 0 Å². The molecule has 0 radical (unpaired) electrons. The van der Waals surface area contributed by atoms with Gasteiger partial charge in [0.2, 0.25) is 0 Å². The molecule has 108 valence electrons. The average Bonchev–Trinajstić information content (AvgIpc) is 3.17. The zero-order chi connectivity index (χ0) is 14.6. The first-order valence-electron chi connectivity index (χ1n) is 7.01. The summed E-state index contributed by atoms with van der Waals surface area (Å²) in [7, 11) is 1.63. The van der Waals surface area contributed by atoms with Gasteiger partial charge in [-0.25, -0.2) is 0 Å². The van der Waals surface area contributed by atoms with Crippen molar-refractivity contribution in [2.45, 2.75) is 38.6 Å². The zero-order valence-corrected chi connectivity index (χ0v) is 12.2. The average molecular weight is 274 g/mol. The largest absolute Gasteiger partial charge is 0.493 e. The Labute approximate surface area is 120 Å². The van der Waals surface area contributed by atoms with E-state index in [0.717, 1.165) is 36.3 Å². The molecule has 1 aliphatic rings. The summed E-state index contributed by atoms with van der Waals surface area (Å²) < 4.78 is 11.2. The number of hydrogen-bond donors (Lipinski definition) is 1. The molecule has 4 nitrogen and oxygen atoms in total. The molecule has 0 aliphatic heterocycles. The predicted molar refractivity (Wildman–Crippen MR) is 77.7 cm³/mol. The molecule has 1 aliphatic carbocycles. The summed E-state index contributed by atoms with van der Waals surface area (Å²) in [6, 6.07) is 8.28. The maximum absolute atomic E-state index is 8.84. The molecular formula is C16H22N2O2. The third-order valence-corrected chi connectivity index (χ3v) is 3.73. The molecule has 1 fully saturated rings. The van der Waals surface area contributed by atoms with Gasteiger partial charge in [-0.1, -0.05) is 6.07 Å². The third kappa shape index (κ3) is 3.64. The number of benzene rings is 1. The predicted octanol–water partition coefficient (Wildman–Crippen LogP) is 2.66. The summed E-state index contributed by atoms with van der Waals surface area (Å²) in [4.78, 5) is 0. The van der Waals surface area contributed by atoms with Crippen molar-refractivity contribution in [3.8, 4) is 17.6 Å². The maximum atomic E-state index is 8.84. The van der Waals surface area contributed by atoms with Gasteiger partial charge in [-0.2, -0.15) is 5.26 Å². The van der Waals surface area contributed by atoms with Crippen molar-refractivity contribution < 1.29 is 9.47 Å². The van der Waals surface area contributed by atoms with Crippen LogP contribution in [0, 0.1) is 16.7 Å². The highest BCUT2D eigenvalue weighted by molar-refractivity contribution is 5.43. The molecule has 1 saturated carbocycles. The first kappa shape index (κ1) is 14.7. The summed E-state index contributed by atoms with van der Waals surface area (Å²) in [5.74, 6) is 1.47. The maximum Gasteiger partial charge on any atom is 0.161 e. The second kappa shape index (κ2) is 6.15. The van der Waals surface area contributed by atoms with E-state index < -0.39 is 0 Å². The van der Waals surface area contributed by atoms with Crippen LogP contribution in [0.2, 0.25) is 0 Å². The van der Waals surface area contributed by atoms with Crippen LogP contribution >= 0.6 is 0 Å². The Kier molecular flexibility index (Phi) is 4.51. The van der Waals surface area contributed by atoms with Crippen LogP contribution in [-0.2, 0) is 6.42 Å². The highest BCUT2D eigenvalue weighted by Gasteiger charge is 2.43. The second-order valence-electron chi connectivity index (χ2n) is 5.79. The number of nitriles is 1. The lowest BCUT2D eigenvalue weighted by molar-refractivity contribution is 0.227. The molecule has 4 heteroatoms. The smallest absolute Gasteiger partial charge is 0.161 e. The molecule has 2 rings (SSSR count). The van der Waals surface area contributed by atoms with Crippen molar-refractivity contribution in [3.05, 3.63) is 23.8 Å². The number of methoxy groups -OCH3 is 1. The van der Waals surface area contributed by atoms with Crippen LogP contribution in [0.3, 0.4) is 0 Å². The van der Waals surface area contributed by atoms with Crippen LogP contribution in [0.25, 0.3) is 0 Å².